The van der Waals surface area contributed by atoms with Crippen LogP contribution in [-0.2, 0) is 22.5 Å². The number of hydrogen-bond acceptors (Lipinski definition) is 3. The Morgan fingerprint density at radius 2 is 2.20 bits per heavy atom. The van der Waals surface area contributed by atoms with Crippen LogP contribution in [0.2, 0.25) is 0 Å². The van der Waals surface area contributed by atoms with Crippen LogP contribution >= 0.6 is 11.6 Å². The topological polar surface area (TPSA) is 44.1 Å². The summed E-state index contributed by atoms with van der Waals surface area (Å²) in [7, 11) is 1.29. The first-order valence-corrected chi connectivity index (χ1v) is 6.57. The number of ether oxygens (including phenoxy) is 1. The quantitative estimate of drug-likeness (QED) is 0.630. The second kappa shape index (κ2) is 6.17. The lowest BCUT2D eigenvalue weighted by Crippen LogP contribution is -2.10. The number of aromatic nitrogens is 2. The van der Waals surface area contributed by atoms with E-state index in [-0.39, 0.29) is 18.5 Å². The highest BCUT2D eigenvalue weighted by atomic mass is 35.5. The van der Waals surface area contributed by atoms with Gasteiger partial charge in [-0.2, -0.15) is 0 Å². The molecule has 2 rings (SSSR count). The number of methoxy groups -OCH3 is 1. The Kier molecular flexibility index (Phi) is 4.54. The molecule has 0 N–H and O–H groups in total. The summed E-state index contributed by atoms with van der Waals surface area (Å²) in [5.41, 5.74) is 0.392. The molecule has 7 heteroatoms. The van der Waals surface area contributed by atoms with Crippen LogP contribution in [-0.4, -0.2) is 28.5 Å². The number of halogens is 3. The maximum absolute atomic E-state index is 13.7. The number of aryl methyl sites for hydroxylation is 2. The molecule has 0 spiro atoms. The minimum absolute atomic E-state index is 0.0800. The number of fused-ring (bicyclic) bond motifs is 1. The van der Waals surface area contributed by atoms with Gasteiger partial charge in [0, 0.05) is 24.9 Å². The molecule has 20 heavy (non-hydrogen) atoms. The molecule has 0 amide bonds. The SMILES string of the molecule is COC(=O)CCn1c(CCCl)nc2c(F)cc(F)cc21. The van der Waals surface area contributed by atoms with Crippen molar-refractivity contribution in [1.82, 2.24) is 9.55 Å². The zero-order valence-corrected chi connectivity index (χ0v) is 11.6. The fourth-order valence-electron chi connectivity index (χ4n) is 2.03. The summed E-state index contributed by atoms with van der Waals surface area (Å²) in [6.07, 6.45) is 0.494. The van der Waals surface area contributed by atoms with Crippen molar-refractivity contribution in [3.8, 4) is 0 Å². The molecule has 0 aliphatic rings. The van der Waals surface area contributed by atoms with Crippen molar-refractivity contribution in [1.29, 1.82) is 0 Å². The number of hydrogen-bond donors (Lipinski definition) is 0. The van der Waals surface area contributed by atoms with Gasteiger partial charge >= 0.3 is 5.97 Å². The van der Waals surface area contributed by atoms with E-state index in [1.165, 1.54) is 13.2 Å². The Hall–Kier alpha value is -1.69. The number of carbonyl (C=O) groups is 1. The van der Waals surface area contributed by atoms with Crippen LogP contribution in [0, 0.1) is 11.6 Å². The molecule has 108 valence electrons. The summed E-state index contributed by atoms with van der Waals surface area (Å²) < 4.78 is 33.2. The molecular weight excluding hydrogens is 290 g/mol. The van der Waals surface area contributed by atoms with Gasteiger partial charge in [0.15, 0.2) is 5.82 Å². The Bertz CT molecular complexity index is 643. The van der Waals surface area contributed by atoms with Crippen LogP contribution in [0.1, 0.15) is 12.2 Å². The average Bonchev–Trinajstić information content (AvgIpc) is 2.74. The molecule has 1 aromatic carbocycles. The summed E-state index contributed by atoms with van der Waals surface area (Å²) in [4.78, 5) is 15.3. The Morgan fingerprint density at radius 3 is 2.85 bits per heavy atom. The molecule has 2 aromatic rings. The third-order valence-corrected chi connectivity index (χ3v) is 3.13. The maximum atomic E-state index is 13.7. The molecule has 0 radical (unpaired) electrons. The molecule has 1 heterocycles. The lowest BCUT2D eigenvalue weighted by Gasteiger charge is -2.07. The fourth-order valence-corrected chi connectivity index (χ4v) is 2.20. The van der Waals surface area contributed by atoms with Crippen molar-refractivity contribution >= 4 is 28.6 Å². The summed E-state index contributed by atoms with van der Waals surface area (Å²) in [5, 5.41) is 0. The van der Waals surface area contributed by atoms with Gasteiger partial charge in [-0.3, -0.25) is 4.79 Å². The van der Waals surface area contributed by atoms with Crippen LogP contribution in [0.25, 0.3) is 11.0 Å². The third kappa shape index (κ3) is 2.90. The van der Waals surface area contributed by atoms with Gasteiger partial charge in [0.2, 0.25) is 0 Å². The minimum atomic E-state index is -0.729. The van der Waals surface area contributed by atoms with Crippen LogP contribution in [0.5, 0.6) is 0 Å². The highest BCUT2D eigenvalue weighted by molar-refractivity contribution is 6.17. The van der Waals surface area contributed by atoms with E-state index in [0.29, 0.717) is 23.6 Å². The lowest BCUT2D eigenvalue weighted by atomic mass is 10.3. The monoisotopic (exact) mass is 302 g/mol. The molecule has 0 aliphatic carbocycles. The van der Waals surface area contributed by atoms with Gasteiger partial charge in [0.05, 0.1) is 19.0 Å². The van der Waals surface area contributed by atoms with Crippen LogP contribution in [0.15, 0.2) is 12.1 Å². The minimum Gasteiger partial charge on any atom is -0.469 e. The van der Waals surface area contributed by atoms with Crippen molar-refractivity contribution in [2.45, 2.75) is 19.4 Å². The van der Waals surface area contributed by atoms with E-state index in [9.17, 15) is 13.6 Å². The van der Waals surface area contributed by atoms with E-state index in [4.69, 9.17) is 11.6 Å². The largest absolute Gasteiger partial charge is 0.469 e. The van der Waals surface area contributed by atoms with Crippen LogP contribution in [0.4, 0.5) is 8.78 Å². The fraction of sp³-hybridized carbons (Fsp3) is 0.385. The molecule has 0 atom stereocenters. The van der Waals surface area contributed by atoms with E-state index >= 15 is 0 Å². The van der Waals surface area contributed by atoms with Gasteiger partial charge in [0.1, 0.15) is 17.2 Å². The van der Waals surface area contributed by atoms with Gasteiger partial charge < -0.3 is 9.30 Å². The van der Waals surface area contributed by atoms with E-state index in [0.717, 1.165) is 6.07 Å². The van der Waals surface area contributed by atoms with Gasteiger partial charge in [0.25, 0.3) is 0 Å². The molecule has 4 nitrogen and oxygen atoms in total. The molecule has 0 aliphatic heterocycles. The van der Waals surface area contributed by atoms with Crippen molar-refractivity contribution in [2.24, 2.45) is 0 Å². The van der Waals surface area contributed by atoms with Gasteiger partial charge in [-0.25, -0.2) is 13.8 Å². The molecule has 1 aromatic heterocycles. The summed E-state index contributed by atoms with van der Waals surface area (Å²) >= 11 is 5.68. The predicted molar refractivity (Wildman–Crippen MR) is 70.7 cm³/mol. The highest BCUT2D eigenvalue weighted by Gasteiger charge is 2.16. The smallest absolute Gasteiger partial charge is 0.307 e. The van der Waals surface area contributed by atoms with E-state index in [1.807, 2.05) is 0 Å². The number of rotatable bonds is 5. The first-order valence-electron chi connectivity index (χ1n) is 6.03. The second-order valence-electron chi connectivity index (χ2n) is 4.20. The van der Waals surface area contributed by atoms with Crippen molar-refractivity contribution in [2.75, 3.05) is 13.0 Å². The van der Waals surface area contributed by atoms with E-state index in [1.54, 1.807) is 4.57 Å². The highest BCUT2D eigenvalue weighted by Crippen LogP contribution is 2.22. The summed E-state index contributed by atoms with van der Waals surface area (Å²) in [5.74, 6) is -1.01. The van der Waals surface area contributed by atoms with Gasteiger partial charge in [-0.1, -0.05) is 0 Å². The Morgan fingerprint density at radius 1 is 1.45 bits per heavy atom. The first-order chi connectivity index (χ1) is 9.56. The molecule has 0 unspecified atom stereocenters. The summed E-state index contributed by atoms with van der Waals surface area (Å²) in [6, 6.07) is 1.98. The Labute approximate surface area is 119 Å². The third-order valence-electron chi connectivity index (χ3n) is 2.94. The summed E-state index contributed by atoms with van der Waals surface area (Å²) in [6.45, 7) is 0.234. The number of alkyl halides is 1. The van der Waals surface area contributed by atoms with Crippen molar-refractivity contribution in [3.63, 3.8) is 0 Å². The normalized spacial score (nSPS) is 11.0. The van der Waals surface area contributed by atoms with E-state index < -0.39 is 17.6 Å². The number of benzene rings is 1. The molecule has 0 bridgehead atoms. The maximum Gasteiger partial charge on any atom is 0.307 e. The first kappa shape index (κ1) is 14.7. The lowest BCUT2D eigenvalue weighted by molar-refractivity contribution is -0.140. The second-order valence-corrected chi connectivity index (χ2v) is 4.58. The zero-order valence-electron chi connectivity index (χ0n) is 10.8. The van der Waals surface area contributed by atoms with Crippen LogP contribution < -0.4 is 0 Å². The molecule has 0 fully saturated rings. The number of carbonyl (C=O) groups excluding carboxylic acids is 1. The van der Waals surface area contributed by atoms with Crippen molar-refractivity contribution < 1.29 is 18.3 Å². The predicted octanol–water partition coefficient (Wildman–Crippen LogP) is 2.66. The van der Waals surface area contributed by atoms with Crippen molar-refractivity contribution in [3.05, 3.63) is 29.6 Å². The van der Waals surface area contributed by atoms with Gasteiger partial charge in [-0.15, -0.1) is 11.6 Å². The van der Waals surface area contributed by atoms with Gasteiger partial charge in [-0.05, 0) is 6.07 Å². The molecular formula is C13H13ClF2N2O2. The van der Waals surface area contributed by atoms with E-state index in [2.05, 4.69) is 9.72 Å². The molecule has 0 saturated heterocycles. The number of imidazole rings is 1. The zero-order chi connectivity index (χ0) is 14.7. The van der Waals surface area contributed by atoms with Crippen LogP contribution in [0.3, 0.4) is 0 Å². The number of esters is 1. The number of nitrogens with zero attached hydrogens (tertiary/aromatic N) is 2. The average molecular weight is 303 g/mol. The Balaban J connectivity index is 2.47. The molecule has 0 saturated carbocycles. The standard InChI is InChI=1S/C13H13ClF2N2O2/c1-20-12(19)3-5-18-10-7-8(15)6-9(16)13(10)17-11(18)2-4-14/h6-7H,2-5H2,1H3.